The molecule has 0 radical (unpaired) electrons. The van der Waals surface area contributed by atoms with E-state index < -0.39 is 11.8 Å². The smallest absolute Gasteiger partial charge is 0.345 e. The van der Waals surface area contributed by atoms with Crippen molar-refractivity contribution >= 4 is 33.2 Å². The van der Waals surface area contributed by atoms with Crippen LogP contribution in [0.25, 0.3) is 0 Å². The van der Waals surface area contributed by atoms with Crippen LogP contribution in [0.1, 0.15) is 14.5 Å². The molecule has 0 spiro atoms. The van der Waals surface area contributed by atoms with Gasteiger partial charge in [-0.15, -0.1) is 11.3 Å². The molecule has 0 bridgehead atoms. The molecule has 0 aliphatic carbocycles. The van der Waals surface area contributed by atoms with E-state index in [1.807, 2.05) is 0 Å². The Bertz CT molecular complexity index is 582. The number of carbonyl (C=O) groups is 1. The molecule has 94 valence electrons. The van der Waals surface area contributed by atoms with Crippen LogP contribution in [0.3, 0.4) is 0 Å². The van der Waals surface area contributed by atoms with E-state index >= 15 is 0 Å². The highest BCUT2D eigenvalue weighted by Crippen LogP contribution is 2.24. The molecular weight excluding hydrogens is 323 g/mol. The Morgan fingerprint density at radius 2 is 2.17 bits per heavy atom. The third kappa shape index (κ3) is 3.08. The molecule has 0 atom stereocenters. The quantitative estimate of drug-likeness (QED) is 0.923. The van der Waals surface area contributed by atoms with Gasteiger partial charge in [-0.2, -0.15) is 0 Å². The van der Waals surface area contributed by atoms with Crippen molar-refractivity contribution in [1.82, 2.24) is 0 Å². The first-order valence-corrected chi connectivity index (χ1v) is 6.57. The lowest BCUT2D eigenvalue weighted by molar-refractivity contribution is 0.0702. The van der Waals surface area contributed by atoms with Gasteiger partial charge in [-0.25, -0.2) is 9.18 Å². The number of hydrogen-bond acceptors (Lipinski definition) is 3. The van der Waals surface area contributed by atoms with Crippen molar-refractivity contribution in [2.24, 2.45) is 0 Å². The second-order valence-corrected chi connectivity index (χ2v) is 5.52. The molecule has 1 N–H and O–H groups in total. The SMILES string of the molecule is O=C(O)c1ccc(COc2ccc(Br)cc2F)s1. The first-order valence-electron chi connectivity index (χ1n) is 4.96. The highest BCUT2D eigenvalue weighted by atomic mass is 79.9. The fraction of sp³-hybridized carbons (Fsp3) is 0.0833. The minimum atomic E-state index is -0.971. The Kier molecular flexibility index (Phi) is 3.98. The summed E-state index contributed by atoms with van der Waals surface area (Å²) < 4.78 is 19.4. The fourth-order valence-corrected chi connectivity index (χ4v) is 2.40. The number of carboxylic acids is 1. The zero-order chi connectivity index (χ0) is 13.1. The molecular formula is C12H8BrFO3S. The van der Waals surface area contributed by atoms with Crippen LogP contribution in [0.2, 0.25) is 0 Å². The van der Waals surface area contributed by atoms with Gasteiger partial charge in [0.2, 0.25) is 0 Å². The first-order chi connectivity index (χ1) is 8.56. The monoisotopic (exact) mass is 330 g/mol. The molecule has 2 aromatic rings. The summed E-state index contributed by atoms with van der Waals surface area (Å²) in [5.74, 6) is -1.29. The van der Waals surface area contributed by atoms with Crippen molar-refractivity contribution in [2.45, 2.75) is 6.61 Å². The average Bonchev–Trinajstić information content (AvgIpc) is 2.76. The van der Waals surface area contributed by atoms with Crippen molar-refractivity contribution < 1.29 is 19.0 Å². The van der Waals surface area contributed by atoms with Crippen molar-refractivity contribution in [3.8, 4) is 5.75 Å². The Hall–Kier alpha value is -1.40. The van der Waals surface area contributed by atoms with Crippen LogP contribution < -0.4 is 4.74 Å². The molecule has 6 heteroatoms. The van der Waals surface area contributed by atoms with E-state index in [2.05, 4.69) is 15.9 Å². The van der Waals surface area contributed by atoms with Gasteiger partial charge in [0, 0.05) is 9.35 Å². The molecule has 0 fully saturated rings. The largest absolute Gasteiger partial charge is 0.485 e. The number of thiophene rings is 1. The highest BCUT2D eigenvalue weighted by molar-refractivity contribution is 9.10. The number of halogens is 2. The lowest BCUT2D eigenvalue weighted by atomic mass is 10.3. The molecule has 1 aromatic heterocycles. The van der Waals surface area contributed by atoms with Gasteiger partial charge in [0.1, 0.15) is 11.5 Å². The van der Waals surface area contributed by atoms with Gasteiger partial charge in [-0.1, -0.05) is 15.9 Å². The van der Waals surface area contributed by atoms with E-state index in [9.17, 15) is 9.18 Å². The second-order valence-electron chi connectivity index (χ2n) is 3.43. The summed E-state index contributed by atoms with van der Waals surface area (Å²) in [6.45, 7) is 0.149. The van der Waals surface area contributed by atoms with Gasteiger partial charge < -0.3 is 9.84 Å². The lowest BCUT2D eigenvalue weighted by Gasteiger charge is -2.05. The minimum absolute atomic E-state index is 0.142. The second kappa shape index (κ2) is 5.49. The standard InChI is InChI=1S/C12H8BrFO3S/c13-7-1-3-10(9(14)5-7)17-6-8-2-4-11(18-8)12(15)16/h1-5H,6H2,(H,15,16). The fourth-order valence-electron chi connectivity index (χ4n) is 1.31. The third-order valence-electron chi connectivity index (χ3n) is 2.14. The molecule has 0 saturated heterocycles. The van der Waals surface area contributed by atoms with E-state index in [1.165, 1.54) is 18.2 Å². The maximum absolute atomic E-state index is 13.4. The predicted molar refractivity (Wildman–Crippen MR) is 69.7 cm³/mol. The zero-order valence-electron chi connectivity index (χ0n) is 9.02. The van der Waals surface area contributed by atoms with Gasteiger partial charge in [0.25, 0.3) is 0 Å². The van der Waals surface area contributed by atoms with Gasteiger partial charge >= 0.3 is 5.97 Å². The highest BCUT2D eigenvalue weighted by Gasteiger charge is 2.08. The molecule has 18 heavy (non-hydrogen) atoms. The van der Waals surface area contributed by atoms with Gasteiger partial charge in [0.15, 0.2) is 11.6 Å². The Morgan fingerprint density at radius 3 is 2.78 bits per heavy atom. The van der Waals surface area contributed by atoms with E-state index in [1.54, 1.807) is 12.1 Å². The molecule has 0 amide bonds. The van der Waals surface area contributed by atoms with E-state index in [4.69, 9.17) is 9.84 Å². The summed E-state index contributed by atoms with van der Waals surface area (Å²) in [4.78, 5) is 11.7. The van der Waals surface area contributed by atoms with Crippen molar-refractivity contribution in [1.29, 1.82) is 0 Å². The summed E-state index contributed by atoms with van der Waals surface area (Å²) in [6, 6.07) is 7.67. The molecule has 0 aliphatic heterocycles. The van der Waals surface area contributed by atoms with Crippen LogP contribution in [0.15, 0.2) is 34.8 Å². The molecule has 1 heterocycles. The zero-order valence-corrected chi connectivity index (χ0v) is 11.4. The number of ether oxygens (including phenoxy) is 1. The average molecular weight is 331 g/mol. The lowest BCUT2D eigenvalue weighted by Crippen LogP contribution is -1.95. The van der Waals surface area contributed by atoms with Gasteiger partial charge in [-0.3, -0.25) is 0 Å². The normalized spacial score (nSPS) is 10.3. The van der Waals surface area contributed by atoms with Crippen molar-refractivity contribution in [3.05, 3.63) is 50.4 Å². The molecule has 0 aliphatic rings. The van der Waals surface area contributed by atoms with Crippen LogP contribution >= 0.6 is 27.3 Å². The van der Waals surface area contributed by atoms with Crippen molar-refractivity contribution in [3.63, 3.8) is 0 Å². The Morgan fingerprint density at radius 1 is 1.39 bits per heavy atom. The summed E-state index contributed by atoms with van der Waals surface area (Å²) in [5, 5.41) is 8.76. The molecule has 3 nitrogen and oxygen atoms in total. The predicted octanol–water partition coefficient (Wildman–Crippen LogP) is 3.93. The third-order valence-corrected chi connectivity index (χ3v) is 3.68. The number of hydrogen-bond donors (Lipinski definition) is 1. The molecule has 2 rings (SSSR count). The number of benzene rings is 1. The molecule has 0 unspecified atom stereocenters. The van der Waals surface area contributed by atoms with Crippen LogP contribution in [0.4, 0.5) is 4.39 Å². The maximum Gasteiger partial charge on any atom is 0.345 e. The van der Waals surface area contributed by atoms with E-state index in [-0.39, 0.29) is 17.2 Å². The van der Waals surface area contributed by atoms with Crippen LogP contribution in [-0.2, 0) is 6.61 Å². The van der Waals surface area contributed by atoms with Gasteiger partial charge in [0.05, 0.1) is 0 Å². The summed E-state index contributed by atoms with van der Waals surface area (Å²) in [5.41, 5.74) is 0. The molecule has 0 saturated carbocycles. The summed E-state index contributed by atoms with van der Waals surface area (Å²) in [6.07, 6.45) is 0. The topological polar surface area (TPSA) is 46.5 Å². The Labute approximate surface area is 115 Å². The maximum atomic E-state index is 13.4. The minimum Gasteiger partial charge on any atom is -0.485 e. The number of aromatic carboxylic acids is 1. The van der Waals surface area contributed by atoms with Crippen LogP contribution in [0, 0.1) is 5.82 Å². The summed E-state index contributed by atoms with van der Waals surface area (Å²) >= 11 is 4.27. The molecule has 1 aromatic carbocycles. The first kappa shape index (κ1) is 13.0. The number of carboxylic acid groups (broad SMARTS) is 1. The van der Waals surface area contributed by atoms with Crippen LogP contribution in [0.5, 0.6) is 5.75 Å². The van der Waals surface area contributed by atoms with E-state index in [0.717, 1.165) is 16.2 Å². The number of rotatable bonds is 4. The summed E-state index contributed by atoms with van der Waals surface area (Å²) in [7, 11) is 0. The van der Waals surface area contributed by atoms with Crippen LogP contribution in [-0.4, -0.2) is 11.1 Å². The van der Waals surface area contributed by atoms with Crippen molar-refractivity contribution in [2.75, 3.05) is 0 Å². The Balaban J connectivity index is 2.04. The van der Waals surface area contributed by atoms with E-state index in [0.29, 0.717) is 4.47 Å². The van der Waals surface area contributed by atoms with Gasteiger partial charge in [-0.05, 0) is 30.3 Å².